The molecule has 3 aromatic heterocycles. The molecule has 108 valence electrons. The normalized spacial score (nSPS) is 12.5. The fraction of sp³-hybridized carbons (Fsp3) is 0.188. The van der Waals surface area contributed by atoms with Gasteiger partial charge < -0.3 is 5.11 Å². The Balaban J connectivity index is 1.87. The van der Waals surface area contributed by atoms with Crippen molar-refractivity contribution in [2.45, 2.75) is 19.4 Å². The van der Waals surface area contributed by atoms with Crippen molar-refractivity contribution in [3.63, 3.8) is 0 Å². The fourth-order valence-electron chi connectivity index (χ4n) is 2.02. The number of carbonyl (C=O) groups excluding carboxylic acids is 1. The highest BCUT2D eigenvalue weighted by atomic mass is 32.1. The molecule has 0 aromatic carbocycles. The van der Waals surface area contributed by atoms with E-state index >= 15 is 0 Å². The van der Waals surface area contributed by atoms with Gasteiger partial charge >= 0.3 is 0 Å². The Bertz CT molecular complexity index is 751. The third-order valence-electron chi connectivity index (χ3n) is 3.18. The molecule has 21 heavy (non-hydrogen) atoms. The van der Waals surface area contributed by atoms with E-state index in [0.717, 1.165) is 27.3 Å². The van der Waals surface area contributed by atoms with E-state index in [4.69, 9.17) is 0 Å². The molecule has 3 rings (SSSR count). The molecular weight excluding hydrogens is 320 g/mol. The van der Waals surface area contributed by atoms with Gasteiger partial charge in [-0.05, 0) is 42.8 Å². The lowest BCUT2D eigenvalue weighted by Gasteiger charge is -2.02. The molecule has 0 aliphatic heterocycles. The summed E-state index contributed by atoms with van der Waals surface area (Å²) in [5.74, 6) is 0. The van der Waals surface area contributed by atoms with Crippen molar-refractivity contribution in [2.75, 3.05) is 0 Å². The summed E-state index contributed by atoms with van der Waals surface area (Å²) in [6.07, 6.45) is 1.26. The van der Waals surface area contributed by atoms with Gasteiger partial charge in [0.1, 0.15) is 0 Å². The van der Waals surface area contributed by atoms with Crippen molar-refractivity contribution in [1.29, 1.82) is 0 Å². The second-order valence-electron chi connectivity index (χ2n) is 4.61. The van der Waals surface area contributed by atoms with Crippen LogP contribution in [0.25, 0.3) is 19.5 Å². The molecule has 5 heteroatoms. The molecular formula is C16H14O2S3. The zero-order chi connectivity index (χ0) is 14.8. The number of thiophene rings is 3. The highest BCUT2D eigenvalue weighted by Gasteiger charge is 2.12. The highest BCUT2D eigenvalue weighted by molar-refractivity contribution is 7.26. The molecule has 0 radical (unpaired) electrons. The standard InChI is InChI=1S/C16H14O2S3/c1-2-11(18)12-5-6-15(20-12)16-8-7-14(21-16)13-4-3-10(9-17)19-13/h3-9,11,18H,2H2,1H3. The van der Waals surface area contributed by atoms with Crippen LogP contribution in [-0.2, 0) is 0 Å². The van der Waals surface area contributed by atoms with Crippen LogP contribution in [0.5, 0.6) is 0 Å². The second-order valence-corrected chi connectivity index (χ2v) is 7.92. The van der Waals surface area contributed by atoms with E-state index in [1.165, 1.54) is 26.0 Å². The van der Waals surface area contributed by atoms with Gasteiger partial charge in [0.25, 0.3) is 0 Å². The number of aliphatic hydroxyl groups is 1. The molecule has 0 spiro atoms. The number of hydrogen-bond donors (Lipinski definition) is 1. The van der Waals surface area contributed by atoms with E-state index in [1.807, 2.05) is 25.1 Å². The molecule has 2 nitrogen and oxygen atoms in total. The average molecular weight is 334 g/mol. The first-order chi connectivity index (χ1) is 10.2. The van der Waals surface area contributed by atoms with Crippen LogP contribution in [0.3, 0.4) is 0 Å². The molecule has 1 atom stereocenters. The van der Waals surface area contributed by atoms with Crippen molar-refractivity contribution >= 4 is 40.3 Å². The minimum Gasteiger partial charge on any atom is -0.388 e. The van der Waals surface area contributed by atoms with Crippen LogP contribution in [0.4, 0.5) is 0 Å². The molecule has 1 N–H and O–H groups in total. The lowest BCUT2D eigenvalue weighted by molar-refractivity contribution is 0.112. The van der Waals surface area contributed by atoms with Gasteiger partial charge in [0.15, 0.2) is 6.29 Å². The zero-order valence-corrected chi connectivity index (χ0v) is 13.9. The van der Waals surface area contributed by atoms with Crippen LogP contribution < -0.4 is 0 Å². The number of aliphatic hydroxyl groups excluding tert-OH is 1. The van der Waals surface area contributed by atoms with Crippen LogP contribution in [0, 0.1) is 0 Å². The molecule has 3 heterocycles. The van der Waals surface area contributed by atoms with Gasteiger partial charge in [0.2, 0.25) is 0 Å². The predicted molar refractivity (Wildman–Crippen MR) is 91.6 cm³/mol. The van der Waals surface area contributed by atoms with Crippen molar-refractivity contribution < 1.29 is 9.90 Å². The van der Waals surface area contributed by atoms with Crippen LogP contribution in [-0.4, -0.2) is 11.4 Å². The molecule has 1 unspecified atom stereocenters. The summed E-state index contributed by atoms with van der Waals surface area (Å²) in [5, 5.41) is 9.89. The Morgan fingerprint density at radius 1 is 0.952 bits per heavy atom. The monoisotopic (exact) mass is 334 g/mol. The number of rotatable bonds is 5. The first-order valence-corrected chi connectivity index (χ1v) is 9.09. The van der Waals surface area contributed by atoms with Crippen molar-refractivity contribution in [1.82, 2.24) is 0 Å². The molecule has 0 saturated carbocycles. The van der Waals surface area contributed by atoms with Gasteiger partial charge in [-0.3, -0.25) is 4.79 Å². The summed E-state index contributed by atoms with van der Waals surface area (Å²) < 4.78 is 0. The second kappa shape index (κ2) is 6.23. The Morgan fingerprint density at radius 2 is 1.52 bits per heavy atom. The van der Waals surface area contributed by atoms with Crippen LogP contribution in [0.2, 0.25) is 0 Å². The van der Waals surface area contributed by atoms with E-state index < -0.39 is 0 Å². The van der Waals surface area contributed by atoms with Crippen LogP contribution >= 0.6 is 34.0 Å². The molecule has 0 fully saturated rings. The molecule has 0 saturated heterocycles. The smallest absolute Gasteiger partial charge is 0.160 e. The predicted octanol–water partition coefficient (Wildman–Crippen LogP) is 5.46. The topological polar surface area (TPSA) is 37.3 Å². The van der Waals surface area contributed by atoms with Gasteiger partial charge in [0.05, 0.1) is 11.0 Å². The Labute approximate surface area is 135 Å². The van der Waals surface area contributed by atoms with Crippen LogP contribution in [0.15, 0.2) is 36.4 Å². The molecule has 0 aliphatic carbocycles. The SMILES string of the molecule is CCC(O)c1ccc(-c2ccc(-c3ccc(C=O)s3)s2)s1. The summed E-state index contributed by atoms with van der Waals surface area (Å²) >= 11 is 4.88. The molecule has 0 aliphatic rings. The minimum absolute atomic E-state index is 0.365. The molecule has 0 bridgehead atoms. The van der Waals surface area contributed by atoms with E-state index in [9.17, 15) is 9.90 Å². The first-order valence-electron chi connectivity index (χ1n) is 6.64. The Kier molecular flexibility index (Phi) is 4.35. The lowest BCUT2D eigenvalue weighted by atomic mass is 10.2. The van der Waals surface area contributed by atoms with Gasteiger partial charge in [0, 0.05) is 24.4 Å². The quantitative estimate of drug-likeness (QED) is 0.629. The van der Waals surface area contributed by atoms with Crippen molar-refractivity contribution in [2.24, 2.45) is 0 Å². The maximum Gasteiger partial charge on any atom is 0.160 e. The van der Waals surface area contributed by atoms with E-state index in [2.05, 4.69) is 18.2 Å². The minimum atomic E-state index is -0.365. The molecule has 0 amide bonds. The third kappa shape index (κ3) is 3.01. The van der Waals surface area contributed by atoms with Gasteiger partial charge in [-0.15, -0.1) is 34.0 Å². The van der Waals surface area contributed by atoms with E-state index in [0.29, 0.717) is 0 Å². The largest absolute Gasteiger partial charge is 0.388 e. The summed E-state index contributed by atoms with van der Waals surface area (Å²) in [4.78, 5) is 17.2. The maximum atomic E-state index is 10.8. The summed E-state index contributed by atoms with van der Waals surface area (Å²) in [5.41, 5.74) is 0. The first kappa shape index (κ1) is 14.7. The van der Waals surface area contributed by atoms with Crippen molar-refractivity contribution in [3.8, 4) is 19.5 Å². The van der Waals surface area contributed by atoms with Gasteiger partial charge in [-0.25, -0.2) is 0 Å². The van der Waals surface area contributed by atoms with E-state index in [-0.39, 0.29) is 6.10 Å². The lowest BCUT2D eigenvalue weighted by Crippen LogP contribution is -1.89. The van der Waals surface area contributed by atoms with Crippen molar-refractivity contribution in [3.05, 3.63) is 46.2 Å². The Morgan fingerprint density at radius 3 is 2.14 bits per heavy atom. The average Bonchev–Trinajstić information content (AvgIpc) is 3.22. The van der Waals surface area contributed by atoms with Crippen LogP contribution in [0.1, 0.15) is 34.0 Å². The number of aldehydes is 1. The number of hydrogen-bond acceptors (Lipinski definition) is 5. The third-order valence-corrected chi connectivity index (χ3v) is 6.85. The Hall–Kier alpha value is -1.27. The van der Waals surface area contributed by atoms with Gasteiger partial charge in [-0.1, -0.05) is 6.92 Å². The van der Waals surface area contributed by atoms with E-state index in [1.54, 1.807) is 22.7 Å². The highest BCUT2D eigenvalue weighted by Crippen LogP contribution is 2.40. The maximum absolute atomic E-state index is 10.8. The summed E-state index contributed by atoms with van der Waals surface area (Å²) in [6.45, 7) is 1.98. The summed E-state index contributed by atoms with van der Waals surface area (Å²) in [6, 6.07) is 12.1. The summed E-state index contributed by atoms with van der Waals surface area (Å²) in [7, 11) is 0. The zero-order valence-electron chi connectivity index (χ0n) is 11.4. The fourth-order valence-corrected chi connectivity index (χ4v) is 5.10. The number of carbonyl (C=O) groups is 1. The van der Waals surface area contributed by atoms with Gasteiger partial charge in [-0.2, -0.15) is 0 Å². The molecule has 3 aromatic rings.